The normalized spacial score (nSPS) is 16.2. The summed E-state index contributed by atoms with van der Waals surface area (Å²) >= 11 is 3.40. The summed E-state index contributed by atoms with van der Waals surface area (Å²) in [6.07, 6.45) is 1.35. The van der Waals surface area contributed by atoms with Crippen molar-refractivity contribution < 1.29 is 19.4 Å². The van der Waals surface area contributed by atoms with Gasteiger partial charge in [-0.1, -0.05) is 0 Å². The first-order valence-electron chi connectivity index (χ1n) is 5.79. The third-order valence-corrected chi connectivity index (χ3v) is 3.81. The van der Waals surface area contributed by atoms with Crippen molar-refractivity contribution in [2.75, 3.05) is 13.7 Å². The number of rotatable bonds is 5. The summed E-state index contributed by atoms with van der Waals surface area (Å²) < 4.78 is 11.5. The Balaban J connectivity index is 2.48. The Bertz CT molecular complexity index is 480. The van der Waals surface area contributed by atoms with E-state index in [2.05, 4.69) is 15.9 Å². The summed E-state index contributed by atoms with van der Waals surface area (Å²) in [5.41, 5.74) is 0.0341. The van der Waals surface area contributed by atoms with E-state index in [1.165, 1.54) is 0 Å². The minimum absolute atomic E-state index is 0.506. The Hall–Kier alpha value is -1.23. The van der Waals surface area contributed by atoms with Crippen molar-refractivity contribution in [3.63, 3.8) is 0 Å². The van der Waals surface area contributed by atoms with Crippen molar-refractivity contribution >= 4 is 21.9 Å². The monoisotopic (exact) mass is 314 g/mol. The number of methoxy groups -OCH3 is 1. The third-order valence-electron chi connectivity index (χ3n) is 3.23. The highest BCUT2D eigenvalue weighted by atomic mass is 79.9. The van der Waals surface area contributed by atoms with Crippen LogP contribution in [0.3, 0.4) is 0 Å². The molecule has 5 heteroatoms. The van der Waals surface area contributed by atoms with Crippen LogP contribution in [0.2, 0.25) is 0 Å². The van der Waals surface area contributed by atoms with Gasteiger partial charge in [0.1, 0.15) is 0 Å². The lowest BCUT2D eigenvalue weighted by atomic mass is 9.96. The molecule has 0 unspecified atom stereocenters. The number of carbonyl (C=O) groups is 1. The first-order valence-corrected chi connectivity index (χ1v) is 6.58. The second-order valence-corrected chi connectivity index (χ2v) is 5.16. The Kier molecular flexibility index (Phi) is 3.52. The highest BCUT2D eigenvalue weighted by Gasteiger charge is 2.52. The Labute approximate surface area is 114 Å². The molecule has 0 aliphatic heterocycles. The second kappa shape index (κ2) is 4.80. The van der Waals surface area contributed by atoms with Gasteiger partial charge in [0.2, 0.25) is 0 Å². The predicted molar refractivity (Wildman–Crippen MR) is 70.4 cm³/mol. The maximum absolute atomic E-state index is 11.3. The number of carboxylic acid groups (broad SMARTS) is 1. The summed E-state index contributed by atoms with van der Waals surface area (Å²) in [5, 5.41) is 9.31. The minimum Gasteiger partial charge on any atom is -0.492 e. The molecule has 1 saturated carbocycles. The van der Waals surface area contributed by atoms with Crippen molar-refractivity contribution in [2.45, 2.75) is 25.2 Å². The molecular weight excluding hydrogens is 300 g/mol. The van der Waals surface area contributed by atoms with Crippen LogP contribution in [0.1, 0.15) is 25.3 Å². The van der Waals surface area contributed by atoms with Crippen LogP contribution in [-0.4, -0.2) is 24.8 Å². The van der Waals surface area contributed by atoms with Crippen LogP contribution in [0.25, 0.3) is 0 Å². The lowest BCUT2D eigenvalue weighted by Gasteiger charge is -2.16. The van der Waals surface area contributed by atoms with E-state index in [4.69, 9.17) is 9.47 Å². The SMILES string of the molecule is CCOc1cc(C2(C(=O)O)CC2)cc(Br)c1OC. The Morgan fingerprint density at radius 1 is 1.50 bits per heavy atom. The topological polar surface area (TPSA) is 55.8 Å². The lowest BCUT2D eigenvalue weighted by Crippen LogP contribution is -2.19. The highest BCUT2D eigenvalue weighted by molar-refractivity contribution is 9.10. The summed E-state index contributed by atoms with van der Waals surface area (Å²) in [6.45, 7) is 2.39. The van der Waals surface area contributed by atoms with Gasteiger partial charge in [0.25, 0.3) is 0 Å². The fraction of sp³-hybridized carbons (Fsp3) is 0.462. The number of hydrogen-bond acceptors (Lipinski definition) is 3. The molecule has 2 rings (SSSR count). The van der Waals surface area contributed by atoms with Crippen LogP contribution in [0.5, 0.6) is 11.5 Å². The zero-order valence-electron chi connectivity index (χ0n) is 10.3. The molecule has 0 amide bonds. The quantitative estimate of drug-likeness (QED) is 0.907. The van der Waals surface area contributed by atoms with Gasteiger partial charge in [-0.05, 0) is 53.4 Å². The molecule has 1 aliphatic carbocycles. The smallest absolute Gasteiger partial charge is 0.314 e. The van der Waals surface area contributed by atoms with E-state index >= 15 is 0 Å². The molecular formula is C13H15BrO4. The van der Waals surface area contributed by atoms with Crippen molar-refractivity contribution in [3.8, 4) is 11.5 Å². The number of carboxylic acids is 1. The van der Waals surface area contributed by atoms with Crippen LogP contribution in [0.15, 0.2) is 16.6 Å². The molecule has 1 aromatic carbocycles. The molecule has 98 valence electrons. The molecule has 1 aromatic rings. The standard InChI is InChI=1S/C13H15BrO4/c1-3-18-10-7-8(6-9(14)11(10)17-2)13(4-5-13)12(15)16/h6-7H,3-5H2,1-2H3,(H,15,16). The maximum Gasteiger partial charge on any atom is 0.314 e. The van der Waals surface area contributed by atoms with E-state index in [1.54, 1.807) is 13.2 Å². The maximum atomic E-state index is 11.3. The summed E-state index contributed by atoms with van der Waals surface area (Å²) in [5.74, 6) is 0.403. The zero-order chi connectivity index (χ0) is 13.3. The largest absolute Gasteiger partial charge is 0.492 e. The van der Waals surface area contributed by atoms with Crippen molar-refractivity contribution in [1.82, 2.24) is 0 Å². The molecule has 0 heterocycles. The van der Waals surface area contributed by atoms with Crippen molar-refractivity contribution in [1.29, 1.82) is 0 Å². The summed E-state index contributed by atoms with van der Waals surface area (Å²) in [6, 6.07) is 3.58. The molecule has 0 radical (unpaired) electrons. The first kappa shape index (κ1) is 13.2. The molecule has 0 spiro atoms. The number of aliphatic carboxylic acids is 1. The number of hydrogen-bond donors (Lipinski definition) is 1. The molecule has 4 nitrogen and oxygen atoms in total. The van der Waals surface area contributed by atoms with Gasteiger partial charge < -0.3 is 14.6 Å². The van der Waals surface area contributed by atoms with E-state index in [-0.39, 0.29) is 0 Å². The second-order valence-electron chi connectivity index (χ2n) is 4.31. The number of halogens is 1. The van der Waals surface area contributed by atoms with Gasteiger partial charge in [0, 0.05) is 0 Å². The number of ether oxygens (including phenoxy) is 2. The van der Waals surface area contributed by atoms with Crippen molar-refractivity contribution in [2.24, 2.45) is 0 Å². The first-order chi connectivity index (χ1) is 8.55. The van der Waals surface area contributed by atoms with Crippen LogP contribution < -0.4 is 9.47 Å². The summed E-state index contributed by atoms with van der Waals surface area (Å²) in [7, 11) is 1.56. The van der Waals surface area contributed by atoms with E-state index in [0.29, 0.717) is 30.9 Å². The molecule has 1 N–H and O–H groups in total. The fourth-order valence-corrected chi connectivity index (χ4v) is 2.66. The zero-order valence-corrected chi connectivity index (χ0v) is 11.9. The van der Waals surface area contributed by atoms with Gasteiger partial charge >= 0.3 is 5.97 Å². The van der Waals surface area contributed by atoms with Gasteiger partial charge in [-0.15, -0.1) is 0 Å². The van der Waals surface area contributed by atoms with Crippen LogP contribution >= 0.6 is 15.9 Å². The molecule has 0 bridgehead atoms. The predicted octanol–water partition coefficient (Wildman–Crippen LogP) is 2.97. The molecule has 1 fully saturated rings. The van der Waals surface area contributed by atoms with Crippen LogP contribution in [0.4, 0.5) is 0 Å². The van der Waals surface area contributed by atoms with E-state index in [1.807, 2.05) is 13.0 Å². The number of benzene rings is 1. The molecule has 18 heavy (non-hydrogen) atoms. The Morgan fingerprint density at radius 2 is 2.17 bits per heavy atom. The van der Waals surface area contributed by atoms with Gasteiger partial charge in [0.05, 0.1) is 23.6 Å². The van der Waals surface area contributed by atoms with Gasteiger partial charge in [0.15, 0.2) is 11.5 Å². The van der Waals surface area contributed by atoms with E-state index < -0.39 is 11.4 Å². The minimum atomic E-state index is -0.776. The average Bonchev–Trinajstić information content (AvgIpc) is 3.10. The molecule has 1 aliphatic rings. The van der Waals surface area contributed by atoms with Crippen LogP contribution in [-0.2, 0) is 10.2 Å². The molecule has 0 aromatic heterocycles. The highest BCUT2D eigenvalue weighted by Crippen LogP contribution is 2.51. The van der Waals surface area contributed by atoms with Gasteiger partial charge in [-0.3, -0.25) is 4.79 Å². The Morgan fingerprint density at radius 3 is 2.61 bits per heavy atom. The third kappa shape index (κ3) is 2.07. The summed E-state index contributed by atoms with van der Waals surface area (Å²) in [4.78, 5) is 11.3. The fourth-order valence-electron chi connectivity index (χ4n) is 2.06. The van der Waals surface area contributed by atoms with Gasteiger partial charge in [-0.2, -0.15) is 0 Å². The van der Waals surface area contributed by atoms with Crippen LogP contribution in [0, 0.1) is 0 Å². The molecule has 0 saturated heterocycles. The van der Waals surface area contributed by atoms with E-state index in [0.717, 1.165) is 10.0 Å². The van der Waals surface area contributed by atoms with Gasteiger partial charge in [-0.25, -0.2) is 0 Å². The lowest BCUT2D eigenvalue weighted by molar-refractivity contribution is -0.140. The van der Waals surface area contributed by atoms with Crippen molar-refractivity contribution in [3.05, 3.63) is 22.2 Å². The van der Waals surface area contributed by atoms with E-state index in [9.17, 15) is 9.90 Å². The molecule has 0 atom stereocenters. The average molecular weight is 315 g/mol.